The van der Waals surface area contributed by atoms with Gasteiger partial charge in [0.15, 0.2) is 10.6 Å². The Kier molecular flexibility index (Phi) is 5.86. The van der Waals surface area contributed by atoms with Crippen molar-refractivity contribution in [3.05, 3.63) is 79.9 Å². The molecule has 0 unspecified atom stereocenters. The maximum atomic E-state index is 12.7. The molecule has 4 rings (SSSR count). The molecule has 7 nitrogen and oxygen atoms in total. The molecule has 0 saturated heterocycles. The summed E-state index contributed by atoms with van der Waals surface area (Å²) in [5.74, 6) is -0.0589. The van der Waals surface area contributed by atoms with Crippen molar-refractivity contribution < 1.29 is 14.0 Å². The minimum absolute atomic E-state index is 0.109. The zero-order valence-electron chi connectivity index (χ0n) is 19.0. The predicted molar refractivity (Wildman–Crippen MR) is 130 cm³/mol. The molecule has 0 fully saturated rings. The molecule has 2 heterocycles. The van der Waals surface area contributed by atoms with E-state index in [-0.39, 0.29) is 17.2 Å². The highest BCUT2D eigenvalue weighted by atomic mass is 32.1. The van der Waals surface area contributed by atoms with E-state index in [1.54, 1.807) is 45.3 Å². The third-order valence-electron chi connectivity index (χ3n) is 5.21. The average molecular weight is 462 g/mol. The molecular weight excluding hydrogens is 438 g/mol. The lowest BCUT2D eigenvalue weighted by atomic mass is 10.1. The minimum atomic E-state index is -0.342. The molecule has 0 aliphatic rings. The number of hydrogen-bond donors (Lipinski definition) is 1. The number of carbonyl (C=O) groups excluding carboxylic acids is 2. The van der Waals surface area contributed by atoms with Gasteiger partial charge in [-0.15, -0.1) is 0 Å². The van der Waals surface area contributed by atoms with Crippen molar-refractivity contribution in [1.29, 1.82) is 0 Å². The van der Waals surface area contributed by atoms with Crippen molar-refractivity contribution in [2.24, 2.45) is 0 Å². The molecule has 8 heteroatoms. The van der Waals surface area contributed by atoms with E-state index < -0.39 is 0 Å². The summed E-state index contributed by atoms with van der Waals surface area (Å²) >= 11 is 1.14. The number of nitrogens with zero attached hydrogens (tertiary/aromatic N) is 2. The first-order valence-electron chi connectivity index (χ1n) is 10.3. The third kappa shape index (κ3) is 4.42. The molecule has 0 aliphatic heterocycles. The zero-order chi connectivity index (χ0) is 23.9. The first-order valence-corrected chi connectivity index (χ1v) is 11.1. The highest BCUT2D eigenvalue weighted by Gasteiger charge is 2.18. The molecule has 0 bridgehead atoms. The molecule has 0 atom stereocenters. The number of nitrogens with one attached hydrogen (secondary N) is 1. The van der Waals surface area contributed by atoms with E-state index in [1.807, 2.05) is 26.0 Å². The van der Waals surface area contributed by atoms with Crippen LogP contribution in [-0.4, -0.2) is 35.8 Å². The highest BCUT2D eigenvalue weighted by molar-refractivity contribution is 7.17. The van der Waals surface area contributed by atoms with Gasteiger partial charge in [-0.2, -0.15) is 0 Å². The summed E-state index contributed by atoms with van der Waals surface area (Å²) in [7, 11) is 3.34. The number of anilines is 1. The average Bonchev–Trinajstić information content (AvgIpc) is 3.13. The van der Waals surface area contributed by atoms with Crippen molar-refractivity contribution in [3.8, 4) is 11.3 Å². The van der Waals surface area contributed by atoms with Crippen molar-refractivity contribution in [1.82, 2.24) is 9.88 Å². The normalized spacial score (nSPS) is 10.9. The fourth-order valence-electron chi connectivity index (χ4n) is 3.56. The topological polar surface area (TPSA) is 92.5 Å². The predicted octanol–water partition coefficient (Wildman–Crippen LogP) is 4.80. The standard InChI is InChI=1S/C25H23N3O4S/c1-13-10-14(2)21-18(11-13)19(29)12-20(32-21)16-6-8-17(9-7-16)23(30)27-25-26-15(3)22(33-25)24(31)28(4)5/h6-12H,1-5H3,(H,26,27,30). The largest absolute Gasteiger partial charge is 0.456 e. The zero-order valence-corrected chi connectivity index (χ0v) is 19.8. The summed E-state index contributed by atoms with van der Waals surface area (Å²) in [6.07, 6.45) is 0. The second-order valence-corrected chi connectivity index (χ2v) is 9.10. The van der Waals surface area contributed by atoms with Gasteiger partial charge in [0, 0.05) is 31.3 Å². The van der Waals surface area contributed by atoms with E-state index in [0.717, 1.165) is 22.5 Å². The number of hydrogen-bond acceptors (Lipinski definition) is 6. The van der Waals surface area contributed by atoms with Crippen LogP contribution in [0.2, 0.25) is 0 Å². The van der Waals surface area contributed by atoms with E-state index >= 15 is 0 Å². The maximum absolute atomic E-state index is 12.7. The second-order valence-electron chi connectivity index (χ2n) is 8.10. The fourth-order valence-corrected chi connectivity index (χ4v) is 4.54. The number of thiazole rings is 1. The van der Waals surface area contributed by atoms with Crippen molar-refractivity contribution >= 4 is 39.3 Å². The van der Waals surface area contributed by atoms with Crippen LogP contribution < -0.4 is 10.7 Å². The van der Waals surface area contributed by atoms with Gasteiger partial charge >= 0.3 is 0 Å². The van der Waals surface area contributed by atoms with Gasteiger partial charge in [-0.1, -0.05) is 29.5 Å². The van der Waals surface area contributed by atoms with Gasteiger partial charge in [-0.3, -0.25) is 19.7 Å². The van der Waals surface area contributed by atoms with Crippen LogP contribution in [0.1, 0.15) is 36.9 Å². The van der Waals surface area contributed by atoms with E-state index in [1.165, 1.54) is 11.0 Å². The molecule has 168 valence electrons. The molecule has 33 heavy (non-hydrogen) atoms. The molecular formula is C25H23N3O4S. The lowest BCUT2D eigenvalue weighted by molar-refractivity contribution is 0.0831. The fraction of sp³-hybridized carbons (Fsp3) is 0.200. The minimum Gasteiger partial charge on any atom is -0.456 e. The van der Waals surface area contributed by atoms with Crippen LogP contribution in [-0.2, 0) is 0 Å². The Morgan fingerprint density at radius 1 is 1.03 bits per heavy atom. The summed E-state index contributed by atoms with van der Waals surface area (Å²) in [5, 5.41) is 3.66. The maximum Gasteiger partial charge on any atom is 0.265 e. The van der Waals surface area contributed by atoms with E-state index in [2.05, 4.69) is 10.3 Å². The van der Waals surface area contributed by atoms with Crippen molar-refractivity contribution in [2.45, 2.75) is 20.8 Å². The molecule has 0 saturated carbocycles. The Labute approximate surface area is 194 Å². The smallest absolute Gasteiger partial charge is 0.265 e. The Hall–Kier alpha value is -3.78. The van der Waals surface area contributed by atoms with Crippen LogP contribution in [0.25, 0.3) is 22.3 Å². The molecule has 0 spiro atoms. The van der Waals surface area contributed by atoms with Gasteiger partial charge in [-0.05, 0) is 50.1 Å². The Balaban J connectivity index is 1.58. The van der Waals surface area contributed by atoms with Crippen LogP contribution in [0.15, 0.2) is 51.7 Å². The highest BCUT2D eigenvalue weighted by Crippen LogP contribution is 2.27. The van der Waals surface area contributed by atoms with Crippen molar-refractivity contribution in [2.75, 3.05) is 19.4 Å². The Morgan fingerprint density at radius 2 is 1.73 bits per heavy atom. The van der Waals surface area contributed by atoms with E-state index in [4.69, 9.17) is 4.42 Å². The molecule has 0 aliphatic carbocycles. The summed E-state index contributed by atoms with van der Waals surface area (Å²) in [5.41, 5.74) is 4.03. The van der Waals surface area contributed by atoms with Gasteiger partial charge < -0.3 is 9.32 Å². The first-order chi connectivity index (χ1) is 15.6. The van der Waals surface area contributed by atoms with Crippen LogP contribution in [0.4, 0.5) is 5.13 Å². The van der Waals surface area contributed by atoms with Gasteiger partial charge in [0.1, 0.15) is 16.2 Å². The molecule has 4 aromatic rings. The molecule has 0 radical (unpaired) electrons. The molecule has 2 amide bonds. The van der Waals surface area contributed by atoms with Gasteiger partial charge in [-0.25, -0.2) is 4.98 Å². The van der Waals surface area contributed by atoms with E-state index in [0.29, 0.717) is 43.6 Å². The SMILES string of the molecule is Cc1cc(C)c2oc(-c3ccc(C(=O)Nc4nc(C)c(C(=O)N(C)C)s4)cc3)cc(=O)c2c1. The van der Waals surface area contributed by atoms with Crippen LogP contribution >= 0.6 is 11.3 Å². The van der Waals surface area contributed by atoms with Crippen molar-refractivity contribution in [3.63, 3.8) is 0 Å². The quantitative estimate of drug-likeness (QED) is 0.471. The molecule has 1 N–H and O–H groups in total. The Morgan fingerprint density at radius 3 is 2.39 bits per heavy atom. The number of benzene rings is 2. The first kappa shape index (κ1) is 22.4. The second kappa shape index (κ2) is 8.63. The lowest BCUT2D eigenvalue weighted by Crippen LogP contribution is -2.21. The molecule has 2 aromatic heterocycles. The van der Waals surface area contributed by atoms with Crippen LogP contribution in [0.3, 0.4) is 0 Å². The number of fused-ring (bicyclic) bond motifs is 1. The lowest BCUT2D eigenvalue weighted by Gasteiger charge is -2.08. The molecule has 2 aromatic carbocycles. The summed E-state index contributed by atoms with van der Waals surface area (Å²) < 4.78 is 6.02. The van der Waals surface area contributed by atoms with Crippen LogP contribution in [0.5, 0.6) is 0 Å². The Bertz CT molecular complexity index is 1450. The van der Waals surface area contributed by atoms with Gasteiger partial charge in [0.25, 0.3) is 11.8 Å². The summed E-state index contributed by atoms with van der Waals surface area (Å²) in [6.45, 7) is 5.59. The number of aromatic nitrogens is 1. The summed E-state index contributed by atoms with van der Waals surface area (Å²) in [4.78, 5) is 43.7. The number of carbonyl (C=O) groups is 2. The monoisotopic (exact) mass is 461 g/mol. The van der Waals surface area contributed by atoms with Gasteiger partial charge in [0.05, 0.1) is 11.1 Å². The number of amides is 2. The summed E-state index contributed by atoms with van der Waals surface area (Å²) in [6, 6.07) is 12.0. The van der Waals surface area contributed by atoms with E-state index in [9.17, 15) is 14.4 Å². The van der Waals surface area contributed by atoms with Gasteiger partial charge in [0.2, 0.25) is 0 Å². The van der Waals surface area contributed by atoms with Crippen LogP contribution in [0, 0.1) is 20.8 Å². The number of rotatable bonds is 4. The third-order valence-corrected chi connectivity index (χ3v) is 6.27. The number of aryl methyl sites for hydroxylation is 3.